The van der Waals surface area contributed by atoms with Crippen molar-refractivity contribution in [1.82, 2.24) is 19.9 Å². The van der Waals surface area contributed by atoms with E-state index in [1.165, 1.54) is 0 Å². The van der Waals surface area contributed by atoms with Crippen molar-refractivity contribution in [2.24, 2.45) is 0 Å². The topological polar surface area (TPSA) is 59.3 Å². The van der Waals surface area contributed by atoms with E-state index in [4.69, 9.17) is 11.6 Å². The summed E-state index contributed by atoms with van der Waals surface area (Å²) in [6.07, 6.45) is 0.876. The van der Waals surface area contributed by atoms with Crippen molar-refractivity contribution in [2.75, 3.05) is 0 Å². The van der Waals surface area contributed by atoms with E-state index in [1.807, 2.05) is 11.4 Å². The second kappa shape index (κ2) is 6.06. The molecule has 0 aliphatic rings. The molecule has 114 valence electrons. The van der Waals surface area contributed by atoms with Gasteiger partial charge in [0.2, 0.25) is 4.96 Å². The summed E-state index contributed by atoms with van der Waals surface area (Å²) in [6, 6.07) is 6.88. The minimum absolute atomic E-state index is 0.164. The fraction of sp³-hybridized carbons (Fsp3) is 0.267. The van der Waals surface area contributed by atoms with Crippen molar-refractivity contribution < 1.29 is 4.79 Å². The number of hydrogen-bond acceptors (Lipinski definition) is 4. The van der Waals surface area contributed by atoms with E-state index in [-0.39, 0.29) is 5.91 Å². The zero-order valence-electron chi connectivity index (χ0n) is 12.3. The van der Waals surface area contributed by atoms with Gasteiger partial charge in [0.15, 0.2) is 0 Å². The molecule has 3 rings (SSSR count). The molecule has 7 heteroatoms. The number of imidazole rings is 1. The molecule has 2 heterocycles. The fourth-order valence-corrected chi connectivity index (χ4v) is 3.26. The Hall–Kier alpha value is -1.92. The van der Waals surface area contributed by atoms with Gasteiger partial charge in [-0.25, -0.2) is 9.50 Å². The van der Waals surface area contributed by atoms with Crippen molar-refractivity contribution in [1.29, 1.82) is 0 Å². The first-order valence-electron chi connectivity index (χ1n) is 6.96. The van der Waals surface area contributed by atoms with Gasteiger partial charge in [0, 0.05) is 10.6 Å². The first-order valence-corrected chi connectivity index (χ1v) is 8.15. The molecule has 0 aliphatic carbocycles. The summed E-state index contributed by atoms with van der Waals surface area (Å²) in [5.74, 6) is -0.164. The predicted molar refractivity (Wildman–Crippen MR) is 87.6 cm³/mol. The third kappa shape index (κ3) is 2.84. The van der Waals surface area contributed by atoms with Crippen LogP contribution in [0.3, 0.4) is 0 Å². The Bertz CT molecular complexity index is 839. The molecule has 0 saturated carbocycles. The Morgan fingerprint density at radius 1 is 1.45 bits per heavy atom. The van der Waals surface area contributed by atoms with Crippen LogP contribution in [0, 0.1) is 6.92 Å². The number of aryl methyl sites for hydroxylation is 2. The van der Waals surface area contributed by atoms with Gasteiger partial charge in [0.05, 0.1) is 17.9 Å². The lowest BCUT2D eigenvalue weighted by Crippen LogP contribution is -2.24. The molecule has 2 aromatic heterocycles. The van der Waals surface area contributed by atoms with Crippen molar-refractivity contribution in [3.05, 3.63) is 51.2 Å². The quantitative estimate of drug-likeness (QED) is 0.796. The van der Waals surface area contributed by atoms with E-state index in [2.05, 4.69) is 22.3 Å². The van der Waals surface area contributed by atoms with E-state index in [0.717, 1.165) is 27.8 Å². The molecule has 1 amide bonds. The summed E-state index contributed by atoms with van der Waals surface area (Å²) in [6.45, 7) is 4.37. The largest absolute Gasteiger partial charge is 0.346 e. The van der Waals surface area contributed by atoms with Crippen molar-refractivity contribution >= 4 is 33.8 Å². The van der Waals surface area contributed by atoms with E-state index < -0.39 is 0 Å². The third-order valence-electron chi connectivity index (χ3n) is 3.34. The van der Waals surface area contributed by atoms with E-state index in [0.29, 0.717) is 17.1 Å². The highest BCUT2D eigenvalue weighted by Gasteiger charge is 2.14. The summed E-state index contributed by atoms with van der Waals surface area (Å²) in [7, 11) is 0. The zero-order chi connectivity index (χ0) is 15.7. The maximum Gasteiger partial charge on any atom is 0.251 e. The van der Waals surface area contributed by atoms with Gasteiger partial charge in [-0.2, -0.15) is 5.10 Å². The number of aromatic nitrogens is 3. The molecule has 0 spiro atoms. The molecule has 5 nitrogen and oxygen atoms in total. The Kier molecular flexibility index (Phi) is 4.13. The van der Waals surface area contributed by atoms with Crippen LogP contribution in [-0.2, 0) is 13.0 Å². The molecular weight excluding hydrogens is 320 g/mol. The number of amides is 1. The Morgan fingerprint density at radius 2 is 2.27 bits per heavy atom. The van der Waals surface area contributed by atoms with Crippen LogP contribution >= 0.6 is 22.9 Å². The van der Waals surface area contributed by atoms with Gasteiger partial charge < -0.3 is 5.32 Å². The lowest BCUT2D eigenvalue weighted by molar-refractivity contribution is 0.0950. The molecule has 1 N–H and O–H groups in total. The smallest absolute Gasteiger partial charge is 0.251 e. The molecule has 0 radical (unpaired) electrons. The van der Waals surface area contributed by atoms with Crippen molar-refractivity contribution in [3.8, 4) is 0 Å². The summed E-state index contributed by atoms with van der Waals surface area (Å²) in [4.78, 5) is 17.5. The molecule has 0 fully saturated rings. The summed E-state index contributed by atoms with van der Waals surface area (Å²) >= 11 is 7.48. The average molecular weight is 335 g/mol. The normalized spacial score (nSPS) is 11.0. The molecule has 0 atom stereocenters. The number of benzene rings is 1. The monoisotopic (exact) mass is 334 g/mol. The van der Waals surface area contributed by atoms with E-state index in [9.17, 15) is 4.79 Å². The van der Waals surface area contributed by atoms with Crippen molar-refractivity contribution in [2.45, 2.75) is 26.8 Å². The average Bonchev–Trinajstić information content (AvgIpc) is 3.01. The van der Waals surface area contributed by atoms with E-state index >= 15 is 0 Å². The molecule has 1 aromatic carbocycles. The Balaban J connectivity index is 1.80. The van der Waals surface area contributed by atoms with Gasteiger partial charge in [0.1, 0.15) is 5.01 Å². The maximum atomic E-state index is 12.2. The van der Waals surface area contributed by atoms with Gasteiger partial charge >= 0.3 is 0 Å². The summed E-state index contributed by atoms with van der Waals surface area (Å²) in [5.41, 5.74) is 2.33. The van der Waals surface area contributed by atoms with Gasteiger partial charge in [-0.3, -0.25) is 4.79 Å². The van der Waals surface area contributed by atoms with Crippen LogP contribution in [-0.4, -0.2) is 20.5 Å². The maximum absolute atomic E-state index is 12.2. The number of nitrogens with one attached hydrogen (secondary N) is 1. The first-order chi connectivity index (χ1) is 10.6. The lowest BCUT2D eigenvalue weighted by Gasteiger charge is -2.05. The van der Waals surface area contributed by atoms with Crippen LogP contribution in [0.2, 0.25) is 5.02 Å². The highest BCUT2D eigenvalue weighted by atomic mass is 35.5. The van der Waals surface area contributed by atoms with Crippen LogP contribution in [0.1, 0.15) is 33.7 Å². The summed E-state index contributed by atoms with van der Waals surface area (Å²) in [5, 5.41) is 8.99. The molecule has 22 heavy (non-hydrogen) atoms. The van der Waals surface area contributed by atoms with Gasteiger partial charge in [-0.1, -0.05) is 35.9 Å². The van der Waals surface area contributed by atoms with E-state index in [1.54, 1.807) is 35.6 Å². The molecule has 3 aromatic rings. The minimum Gasteiger partial charge on any atom is -0.346 e. The molecule has 0 aliphatic heterocycles. The minimum atomic E-state index is -0.164. The molecule has 0 unspecified atom stereocenters. The van der Waals surface area contributed by atoms with Gasteiger partial charge in [-0.05, 0) is 31.5 Å². The number of fused-ring (bicyclic) bond motifs is 1. The number of carbonyl (C=O) groups excluding carboxylic acids is 1. The molecule has 0 bridgehead atoms. The second-order valence-corrected chi connectivity index (χ2v) is 6.36. The molecular formula is C15H15ClN4OS. The Morgan fingerprint density at radius 3 is 3.00 bits per heavy atom. The van der Waals surface area contributed by atoms with Crippen LogP contribution in [0.25, 0.3) is 4.96 Å². The van der Waals surface area contributed by atoms with Crippen LogP contribution in [0.5, 0.6) is 0 Å². The highest BCUT2D eigenvalue weighted by Crippen LogP contribution is 2.19. The van der Waals surface area contributed by atoms with Gasteiger partial charge in [-0.15, -0.1) is 0 Å². The standard InChI is InChI=1S/C15H15ClN4OS/c1-3-13-19-20-12(9(2)18-15(20)22-13)8-17-14(21)10-5-4-6-11(16)7-10/h4-7H,3,8H2,1-2H3,(H,17,21). The number of nitrogens with zero attached hydrogens (tertiary/aromatic N) is 3. The lowest BCUT2D eigenvalue weighted by atomic mass is 10.2. The first kappa shape index (κ1) is 15.0. The molecule has 0 saturated heterocycles. The SMILES string of the molecule is CCc1nn2c(CNC(=O)c3cccc(Cl)c3)c(C)nc2s1. The third-order valence-corrected chi connectivity index (χ3v) is 4.63. The Labute approximate surface area is 136 Å². The number of rotatable bonds is 4. The summed E-state index contributed by atoms with van der Waals surface area (Å²) < 4.78 is 1.82. The highest BCUT2D eigenvalue weighted by molar-refractivity contribution is 7.16. The zero-order valence-corrected chi connectivity index (χ0v) is 13.8. The predicted octanol–water partition coefficient (Wildman–Crippen LogP) is 3.25. The van der Waals surface area contributed by atoms with Gasteiger partial charge in [0.25, 0.3) is 5.91 Å². The fourth-order valence-electron chi connectivity index (χ4n) is 2.17. The van der Waals surface area contributed by atoms with Crippen LogP contribution < -0.4 is 5.32 Å². The number of carbonyl (C=O) groups is 1. The van der Waals surface area contributed by atoms with Crippen molar-refractivity contribution in [3.63, 3.8) is 0 Å². The van der Waals surface area contributed by atoms with Crippen LogP contribution in [0.15, 0.2) is 24.3 Å². The number of hydrogen-bond donors (Lipinski definition) is 1. The van der Waals surface area contributed by atoms with Crippen LogP contribution in [0.4, 0.5) is 0 Å². The second-order valence-electron chi connectivity index (χ2n) is 4.88. The number of halogens is 1.